The molecule has 0 saturated heterocycles. The average molecular weight is 289 g/mol. The first-order chi connectivity index (χ1) is 9.94. The van der Waals surface area contributed by atoms with Gasteiger partial charge >= 0.3 is 0 Å². The molecular formula is C14H19N5O2. The van der Waals surface area contributed by atoms with Crippen LogP contribution in [-0.4, -0.2) is 27.6 Å². The van der Waals surface area contributed by atoms with Gasteiger partial charge in [0.15, 0.2) is 11.5 Å². The second-order valence-electron chi connectivity index (χ2n) is 5.16. The molecule has 0 aromatic carbocycles. The van der Waals surface area contributed by atoms with Gasteiger partial charge in [0.05, 0.1) is 11.2 Å². The van der Waals surface area contributed by atoms with Crippen LogP contribution in [0.3, 0.4) is 0 Å². The van der Waals surface area contributed by atoms with Crippen LogP contribution < -0.4 is 10.6 Å². The van der Waals surface area contributed by atoms with Crippen molar-refractivity contribution in [3.05, 3.63) is 24.2 Å². The third-order valence-corrected chi connectivity index (χ3v) is 2.85. The van der Waals surface area contributed by atoms with Gasteiger partial charge in [-0.25, -0.2) is 4.98 Å². The lowest BCUT2D eigenvalue weighted by atomic mass is 10.1. The molecule has 2 aromatic heterocycles. The molecular weight excluding hydrogens is 270 g/mol. The summed E-state index contributed by atoms with van der Waals surface area (Å²) in [4.78, 5) is 19.9. The van der Waals surface area contributed by atoms with Crippen LogP contribution in [0.15, 0.2) is 22.9 Å². The monoisotopic (exact) mass is 289 g/mol. The van der Waals surface area contributed by atoms with Crippen molar-refractivity contribution in [1.29, 1.82) is 0 Å². The molecule has 0 unspecified atom stereocenters. The van der Waals surface area contributed by atoms with Crippen molar-refractivity contribution in [2.24, 2.45) is 0 Å². The van der Waals surface area contributed by atoms with Crippen LogP contribution in [0.5, 0.6) is 0 Å². The fourth-order valence-corrected chi connectivity index (χ4v) is 1.98. The highest BCUT2D eigenvalue weighted by molar-refractivity contribution is 5.74. The van der Waals surface area contributed by atoms with E-state index in [2.05, 4.69) is 25.8 Å². The van der Waals surface area contributed by atoms with Crippen molar-refractivity contribution in [2.75, 3.05) is 11.9 Å². The Balaban J connectivity index is 2.34. The van der Waals surface area contributed by atoms with E-state index < -0.39 is 5.54 Å². The van der Waals surface area contributed by atoms with Gasteiger partial charge in [0.1, 0.15) is 0 Å². The van der Waals surface area contributed by atoms with E-state index in [0.29, 0.717) is 17.4 Å². The summed E-state index contributed by atoms with van der Waals surface area (Å²) in [5.41, 5.74) is 0.713. The molecule has 0 atom stereocenters. The van der Waals surface area contributed by atoms with E-state index in [4.69, 9.17) is 4.52 Å². The molecule has 0 spiro atoms. The maximum atomic E-state index is 11.2. The predicted molar refractivity (Wildman–Crippen MR) is 78.5 cm³/mol. The van der Waals surface area contributed by atoms with Gasteiger partial charge in [-0.3, -0.25) is 4.79 Å². The molecule has 0 saturated carbocycles. The zero-order valence-electron chi connectivity index (χ0n) is 12.6. The molecule has 2 N–H and O–H groups in total. The molecule has 0 aliphatic rings. The number of carbonyl (C=O) groups excluding carboxylic acids is 1. The van der Waals surface area contributed by atoms with Gasteiger partial charge < -0.3 is 15.2 Å². The number of hydrogen-bond acceptors (Lipinski definition) is 6. The molecule has 0 aliphatic heterocycles. The highest BCUT2D eigenvalue weighted by Gasteiger charge is 2.28. The number of pyridine rings is 1. The number of aromatic nitrogens is 3. The SMILES string of the molecule is CCNc1cccnc1-c1nc(C(C)(C)NC(C)=O)no1. The number of anilines is 1. The summed E-state index contributed by atoms with van der Waals surface area (Å²) < 4.78 is 5.29. The summed E-state index contributed by atoms with van der Waals surface area (Å²) in [6, 6.07) is 3.73. The standard InChI is InChI=1S/C14H19N5O2/c1-5-15-10-7-6-8-16-11(10)12-17-13(19-21-12)14(3,4)18-9(2)20/h6-8,15H,5H2,1-4H3,(H,18,20). The Morgan fingerprint density at radius 1 is 1.43 bits per heavy atom. The Hall–Kier alpha value is -2.44. The van der Waals surface area contributed by atoms with E-state index in [1.54, 1.807) is 6.20 Å². The van der Waals surface area contributed by atoms with Crippen molar-refractivity contribution in [3.8, 4) is 11.6 Å². The van der Waals surface area contributed by atoms with E-state index in [1.165, 1.54) is 6.92 Å². The van der Waals surface area contributed by atoms with Gasteiger partial charge in [0.2, 0.25) is 5.91 Å². The first-order valence-corrected chi connectivity index (χ1v) is 6.76. The minimum Gasteiger partial charge on any atom is -0.383 e. The summed E-state index contributed by atoms with van der Waals surface area (Å²) in [5, 5.41) is 9.92. The van der Waals surface area contributed by atoms with Crippen LogP contribution in [0.25, 0.3) is 11.6 Å². The van der Waals surface area contributed by atoms with Crippen molar-refractivity contribution in [1.82, 2.24) is 20.4 Å². The highest BCUT2D eigenvalue weighted by atomic mass is 16.5. The number of rotatable bonds is 5. The van der Waals surface area contributed by atoms with Crippen molar-refractivity contribution < 1.29 is 9.32 Å². The van der Waals surface area contributed by atoms with Crippen molar-refractivity contribution in [2.45, 2.75) is 33.2 Å². The Morgan fingerprint density at radius 3 is 2.86 bits per heavy atom. The van der Waals surface area contributed by atoms with Crippen LogP contribution in [0, 0.1) is 0 Å². The zero-order valence-corrected chi connectivity index (χ0v) is 12.6. The molecule has 7 nitrogen and oxygen atoms in total. The largest absolute Gasteiger partial charge is 0.383 e. The van der Waals surface area contributed by atoms with Crippen molar-refractivity contribution >= 4 is 11.6 Å². The fraction of sp³-hybridized carbons (Fsp3) is 0.429. The molecule has 7 heteroatoms. The van der Waals surface area contributed by atoms with Gasteiger partial charge in [-0.05, 0) is 32.9 Å². The van der Waals surface area contributed by atoms with E-state index in [0.717, 1.165) is 12.2 Å². The van der Waals surface area contributed by atoms with Crippen molar-refractivity contribution in [3.63, 3.8) is 0 Å². The highest BCUT2D eigenvalue weighted by Crippen LogP contribution is 2.26. The normalized spacial score (nSPS) is 11.2. The average Bonchev–Trinajstić information content (AvgIpc) is 2.88. The third-order valence-electron chi connectivity index (χ3n) is 2.85. The fourth-order valence-electron chi connectivity index (χ4n) is 1.98. The Bertz CT molecular complexity index is 636. The summed E-state index contributed by atoms with van der Waals surface area (Å²) in [7, 11) is 0. The second-order valence-corrected chi connectivity index (χ2v) is 5.16. The van der Waals surface area contributed by atoms with E-state index in [9.17, 15) is 4.79 Å². The molecule has 112 valence electrons. The quantitative estimate of drug-likeness (QED) is 0.873. The first kappa shape index (κ1) is 15.0. The molecule has 2 heterocycles. The smallest absolute Gasteiger partial charge is 0.278 e. The molecule has 21 heavy (non-hydrogen) atoms. The van der Waals surface area contributed by atoms with Gasteiger partial charge in [-0.15, -0.1) is 0 Å². The van der Waals surface area contributed by atoms with Crippen LogP contribution in [0.2, 0.25) is 0 Å². The van der Waals surface area contributed by atoms with Gasteiger partial charge in [-0.2, -0.15) is 4.98 Å². The second kappa shape index (κ2) is 5.90. The van der Waals surface area contributed by atoms with Crippen LogP contribution in [-0.2, 0) is 10.3 Å². The lowest BCUT2D eigenvalue weighted by molar-refractivity contribution is -0.120. The first-order valence-electron chi connectivity index (χ1n) is 6.76. The molecule has 0 bridgehead atoms. The topological polar surface area (TPSA) is 92.9 Å². The van der Waals surface area contributed by atoms with E-state index in [1.807, 2.05) is 32.9 Å². The zero-order chi connectivity index (χ0) is 15.5. The number of nitrogens with one attached hydrogen (secondary N) is 2. The van der Waals surface area contributed by atoms with Crippen LogP contribution in [0.1, 0.15) is 33.5 Å². The predicted octanol–water partition coefficient (Wildman–Crippen LogP) is 1.93. The van der Waals surface area contributed by atoms with Crippen LogP contribution in [0.4, 0.5) is 5.69 Å². The summed E-state index contributed by atoms with van der Waals surface area (Å²) >= 11 is 0. The number of nitrogens with zero attached hydrogens (tertiary/aromatic N) is 3. The Morgan fingerprint density at radius 2 is 2.19 bits per heavy atom. The summed E-state index contributed by atoms with van der Waals surface area (Å²) in [6.07, 6.45) is 1.67. The lowest BCUT2D eigenvalue weighted by Crippen LogP contribution is -2.40. The summed E-state index contributed by atoms with van der Waals surface area (Å²) in [5.74, 6) is 0.568. The maximum absolute atomic E-state index is 11.2. The van der Waals surface area contributed by atoms with E-state index in [-0.39, 0.29) is 5.91 Å². The minimum absolute atomic E-state index is 0.155. The molecule has 0 aliphatic carbocycles. The molecule has 2 aromatic rings. The van der Waals surface area contributed by atoms with E-state index >= 15 is 0 Å². The molecule has 1 amide bonds. The number of hydrogen-bond donors (Lipinski definition) is 2. The molecule has 2 rings (SSSR count). The molecule has 0 fully saturated rings. The molecule has 0 radical (unpaired) electrons. The maximum Gasteiger partial charge on any atom is 0.278 e. The third kappa shape index (κ3) is 3.36. The van der Waals surface area contributed by atoms with Gasteiger partial charge in [0.25, 0.3) is 5.89 Å². The number of carbonyl (C=O) groups is 1. The number of amides is 1. The van der Waals surface area contributed by atoms with Gasteiger partial charge in [-0.1, -0.05) is 5.16 Å². The Kier molecular flexibility index (Phi) is 4.21. The lowest BCUT2D eigenvalue weighted by Gasteiger charge is -2.20. The van der Waals surface area contributed by atoms with Crippen LogP contribution >= 0.6 is 0 Å². The van der Waals surface area contributed by atoms with Gasteiger partial charge in [0, 0.05) is 19.7 Å². The summed E-state index contributed by atoms with van der Waals surface area (Å²) in [6.45, 7) is 7.83. The minimum atomic E-state index is -0.708. The Labute approximate surface area is 123 Å².